The fourth-order valence-electron chi connectivity index (χ4n) is 3.32. The number of rotatable bonds is 3. The zero-order chi connectivity index (χ0) is 14.8. The van der Waals surface area contributed by atoms with E-state index in [9.17, 15) is 4.39 Å². The number of hydrogen-bond acceptors (Lipinski definition) is 1. The molecular formula is C19H22FN. The Morgan fingerprint density at radius 3 is 2.57 bits per heavy atom. The van der Waals surface area contributed by atoms with Gasteiger partial charge in [-0.2, -0.15) is 0 Å². The van der Waals surface area contributed by atoms with Crippen LogP contribution in [0.15, 0.2) is 42.5 Å². The largest absolute Gasteiger partial charge is 0.292 e. The summed E-state index contributed by atoms with van der Waals surface area (Å²) in [7, 11) is 0. The van der Waals surface area contributed by atoms with Gasteiger partial charge in [0.2, 0.25) is 0 Å². The summed E-state index contributed by atoms with van der Waals surface area (Å²) in [6, 6.07) is 14.1. The van der Waals surface area contributed by atoms with Gasteiger partial charge in [-0.05, 0) is 62.1 Å². The minimum Gasteiger partial charge on any atom is -0.292 e. The lowest BCUT2D eigenvalue weighted by Gasteiger charge is -2.25. The molecular weight excluding hydrogens is 261 g/mol. The Morgan fingerprint density at radius 1 is 1.10 bits per heavy atom. The molecule has 1 aliphatic heterocycles. The molecule has 1 saturated heterocycles. The number of halogens is 1. The molecule has 0 aliphatic carbocycles. The van der Waals surface area contributed by atoms with E-state index >= 15 is 0 Å². The van der Waals surface area contributed by atoms with Crippen LogP contribution in [0.3, 0.4) is 0 Å². The molecule has 3 rings (SSSR count). The van der Waals surface area contributed by atoms with Gasteiger partial charge in [0.15, 0.2) is 0 Å². The van der Waals surface area contributed by atoms with E-state index in [1.165, 1.54) is 28.7 Å². The Bertz CT molecular complexity index is 618. The standard InChI is InChI=1S/C19H22FN/c1-14-5-6-17(15(2)12-14)13-21-11-3-4-19(21)16-7-9-18(20)10-8-16/h5-10,12,19H,3-4,11,13H2,1-2H3/t19-/m0/s1. The van der Waals surface area contributed by atoms with E-state index in [4.69, 9.17) is 0 Å². The van der Waals surface area contributed by atoms with E-state index in [1.807, 2.05) is 12.1 Å². The fourth-order valence-corrected chi connectivity index (χ4v) is 3.32. The van der Waals surface area contributed by atoms with Gasteiger partial charge in [-0.15, -0.1) is 0 Å². The van der Waals surface area contributed by atoms with Crippen LogP contribution in [0.25, 0.3) is 0 Å². The topological polar surface area (TPSA) is 3.24 Å². The first-order chi connectivity index (χ1) is 10.1. The minimum absolute atomic E-state index is 0.155. The van der Waals surface area contributed by atoms with Crippen LogP contribution >= 0.6 is 0 Å². The van der Waals surface area contributed by atoms with Crippen LogP contribution in [0.5, 0.6) is 0 Å². The number of nitrogens with zero attached hydrogens (tertiary/aromatic N) is 1. The quantitative estimate of drug-likeness (QED) is 0.783. The van der Waals surface area contributed by atoms with E-state index in [1.54, 1.807) is 12.1 Å². The second-order valence-corrected chi connectivity index (χ2v) is 6.11. The van der Waals surface area contributed by atoms with Crippen LogP contribution in [0, 0.1) is 19.7 Å². The van der Waals surface area contributed by atoms with Crippen LogP contribution in [0.4, 0.5) is 4.39 Å². The molecule has 2 aromatic rings. The molecule has 0 radical (unpaired) electrons. The Morgan fingerprint density at radius 2 is 1.86 bits per heavy atom. The molecule has 1 atom stereocenters. The van der Waals surface area contributed by atoms with E-state index in [0.717, 1.165) is 19.5 Å². The highest BCUT2D eigenvalue weighted by Crippen LogP contribution is 2.33. The molecule has 0 bridgehead atoms. The molecule has 21 heavy (non-hydrogen) atoms. The molecule has 0 aromatic heterocycles. The molecule has 2 heteroatoms. The van der Waals surface area contributed by atoms with Crippen LogP contribution in [0.1, 0.15) is 41.1 Å². The molecule has 0 unspecified atom stereocenters. The molecule has 1 nitrogen and oxygen atoms in total. The van der Waals surface area contributed by atoms with Crippen molar-refractivity contribution >= 4 is 0 Å². The number of likely N-dealkylation sites (tertiary alicyclic amines) is 1. The molecule has 1 heterocycles. The highest BCUT2D eigenvalue weighted by atomic mass is 19.1. The maximum absolute atomic E-state index is 13.1. The Hall–Kier alpha value is -1.67. The highest BCUT2D eigenvalue weighted by Gasteiger charge is 2.26. The zero-order valence-corrected chi connectivity index (χ0v) is 12.8. The molecule has 110 valence electrons. The predicted molar refractivity (Wildman–Crippen MR) is 84.7 cm³/mol. The van der Waals surface area contributed by atoms with Gasteiger partial charge in [0.25, 0.3) is 0 Å². The van der Waals surface area contributed by atoms with Crippen LogP contribution in [-0.2, 0) is 6.54 Å². The van der Waals surface area contributed by atoms with Crippen molar-refractivity contribution in [2.75, 3.05) is 6.54 Å². The summed E-state index contributed by atoms with van der Waals surface area (Å²) in [6.07, 6.45) is 2.38. The number of hydrogen-bond donors (Lipinski definition) is 0. The third kappa shape index (κ3) is 3.16. The van der Waals surface area contributed by atoms with E-state index in [0.29, 0.717) is 6.04 Å². The summed E-state index contributed by atoms with van der Waals surface area (Å²) in [4.78, 5) is 2.52. The molecule has 0 amide bonds. The first-order valence-corrected chi connectivity index (χ1v) is 7.69. The van der Waals surface area contributed by atoms with Crippen molar-refractivity contribution in [3.63, 3.8) is 0 Å². The average molecular weight is 283 g/mol. The maximum atomic E-state index is 13.1. The van der Waals surface area contributed by atoms with E-state index < -0.39 is 0 Å². The molecule has 1 aliphatic rings. The Labute approximate surface area is 126 Å². The van der Waals surface area contributed by atoms with Crippen molar-refractivity contribution in [2.24, 2.45) is 0 Å². The highest BCUT2D eigenvalue weighted by molar-refractivity contribution is 5.31. The van der Waals surface area contributed by atoms with Gasteiger partial charge in [-0.25, -0.2) is 4.39 Å². The summed E-state index contributed by atoms with van der Waals surface area (Å²) in [5.74, 6) is -0.155. The lowest BCUT2D eigenvalue weighted by atomic mass is 10.0. The van der Waals surface area contributed by atoms with Crippen molar-refractivity contribution in [2.45, 2.75) is 39.3 Å². The summed E-state index contributed by atoms with van der Waals surface area (Å²) < 4.78 is 13.1. The molecule has 0 spiro atoms. The van der Waals surface area contributed by atoms with Gasteiger partial charge in [-0.1, -0.05) is 35.9 Å². The number of aryl methyl sites for hydroxylation is 2. The van der Waals surface area contributed by atoms with Crippen molar-refractivity contribution in [1.29, 1.82) is 0 Å². The molecule has 0 saturated carbocycles. The monoisotopic (exact) mass is 283 g/mol. The Balaban J connectivity index is 1.79. The molecule has 1 fully saturated rings. The summed E-state index contributed by atoms with van der Waals surface area (Å²) in [6.45, 7) is 6.42. The second-order valence-electron chi connectivity index (χ2n) is 6.11. The maximum Gasteiger partial charge on any atom is 0.123 e. The van der Waals surface area contributed by atoms with Crippen molar-refractivity contribution < 1.29 is 4.39 Å². The smallest absolute Gasteiger partial charge is 0.123 e. The van der Waals surface area contributed by atoms with E-state index in [-0.39, 0.29) is 5.82 Å². The van der Waals surface area contributed by atoms with Gasteiger partial charge < -0.3 is 0 Å². The van der Waals surface area contributed by atoms with Crippen LogP contribution in [0.2, 0.25) is 0 Å². The van der Waals surface area contributed by atoms with Gasteiger partial charge in [0, 0.05) is 12.6 Å². The van der Waals surface area contributed by atoms with Crippen molar-refractivity contribution in [3.8, 4) is 0 Å². The summed E-state index contributed by atoms with van der Waals surface area (Å²) in [5.41, 5.74) is 5.31. The molecule has 2 aromatic carbocycles. The zero-order valence-electron chi connectivity index (χ0n) is 12.8. The van der Waals surface area contributed by atoms with E-state index in [2.05, 4.69) is 36.9 Å². The lowest BCUT2D eigenvalue weighted by Crippen LogP contribution is -2.23. The first kappa shape index (κ1) is 14.3. The lowest BCUT2D eigenvalue weighted by molar-refractivity contribution is 0.248. The normalized spacial score (nSPS) is 19.1. The fraction of sp³-hybridized carbons (Fsp3) is 0.368. The summed E-state index contributed by atoms with van der Waals surface area (Å²) >= 11 is 0. The second kappa shape index (κ2) is 5.98. The van der Waals surface area contributed by atoms with Gasteiger partial charge in [0.1, 0.15) is 5.82 Å². The van der Waals surface area contributed by atoms with Gasteiger partial charge >= 0.3 is 0 Å². The Kier molecular flexibility index (Phi) is 4.07. The van der Waals surface area contributed by atoms with Gasteiger partial charge in [-0.3, -0.25) is 4.90 Å². The van der Waals surface area contributed by atoms with Crippen LogP contribution in [-0.4, -0.2) is 11.4 Å². The van der Waals surface area contributed by atoms with Gasteiger partial charge in [0.05, 0.1) is 0 Å². The SMILES string of the molecule is Cc1ccc(CN2CCC[C@H]2c2ccc(F)cc2)c(C)c1. The van der Waals surface area contributed by atoms with Crippen LogP contribution < -0.4 is 0 Å². The minimum atomic E-state index is -0.155. The number of benzene rings is 2. The average Bonchev–Trinajstić information content (AvgIpc) is 2.91. The third-order valence-corrected chi connectivity index (χ3v) is 4.49. The third-order valence-electron chi connectivity index (χ3n) is 4.49. The predicted octanol–water partition coefficient (Wildman–Crippen LogP) is 4.78. The summed E-state index contributed by atoms with van der Waals surface area (Å²) in [5, 5.41) is 0. The molecule has 0 N–H and O–H groups in total. The van der Waals surface area contributed by atoms with Crippen molar-refractivity contribution in [1.82, 2.24) is 4.90 Å². The first-order valence-electron chi connectivity index (χ1n) is 7.69. The van der Waals surface area contributed by atoms with Crippen molar-refractivity contribution in [3.05, 3.63) is 70.5 Å².